The third-order valence-corrected chi connectivity index (χ3v) is 4.70. The summed E-state index contributed by atoms with van der Waals surface area (Å²) in [4.78, 5) is 18.3. The van der Waals surface area contributed by atoms with Crippen molar-refractivity contribution < 1.29 is 14.3 Å². The Labute approximate surface area is 152 Å². The lowest BCUT2D eigenvalue weighted by atomic mass is 10.1. The molecule has 0 unspecified atom stereocenters. The molecule has 2 aromatic rings. The van der Waals surface area contributed by atoms with Crippen LogP contribution in [0.25, 0.3) is 0 Å². The first-order valence-electron chi connectivity index (χ1n) is 8.05. The maximum Gasteiger partial charge on any atom is 0.249 e. The molecule has 134 valence electrons. The van der Waals surface area contributed by atoms with Crippen LogP contribution in [0.5, 0.6) is 5.75 Å². The fourth-order valence-electron chi connectivity index (χ4n) is 2.33. The largest absolute Gasteiger partial charge is 0.486 e. The Balaban J connectivity index is 1.97. The van der Waals surface area contributed by atoms with Gasteiger partial charge in [-0.1, -0.05) is 18.2 Å². The minimum absolute atomic E-state index is 0.0561. The van der Waals surface area contributed by atoms with Gasteiger partial charge in [0.1, 0.15) is 24.0 Å². The standard InChI is InChI=1S/C19H24N2O3S/c1-5-9-21(19(22)12-23-4)10-16-13-25-18(20-16)11-24-17-8-6-7-14(2)15(17)3/h5-8,13H,1,9-12H2,2-4H3. The number of carbonyl (C=O) groups is 1. The number of methoxy groups -OCH3 is 1. The van der Waals surface area contributed by atoms with Crippen LogP contribution in [-0.2, 0) is 22.7 Å². The van der Waals surface area contributed by atoms with E-state index in [9.17, 15) is 4.79 Å². The van der Waals surface area contributed by atoms with Gasteiger partial charge in [-0.15, -0.1) is 17.9 Å². The second-order valence-electron chi connectivity index (χ2n) is 5.72. The normalized spacial score (nSPS) is 10.5. The highest BCUT2D eigenvalue weighted by Gasteiger charge is 2.14. The van der Waals surface area contributed by atoms with Crippen LogP contribution < -0.4 is 4.74 Å². The van der Waals surface area contributed by atoms with Gasteiger partial charge in [0, 0.05) is 19.0 Å². The van der Waals surface area contributed by atoms with Crippen molar-refractivity contribution in [3.05, 3.63) is 58.1 Å². The van der Waals surface area contributed by atoms with Gasteiger partial charge < -0.3 is 14.4 Å². The average Bonchev–Trinajstić information content (AvgIpc) is 3.03. The number of ether oxygens (including phenoxy) is 2. The number of thiazole rings is 1. The molecule has 0 atom stereocenters. The maximum absolute atomic E-state index is 12.0. The van der Waals surface area contributed by atoms with Gasteiger partial charge >= 0.3 is 0 Å². The zero-order chi connectivity index (χ0) is 18.2. The van der Waals surface area contributed by atoms with Crippen molar-refractivity contribution in [2.75, 3.05) is 20.3 Å². The van der Waals surface area contributed by atoms with Gasteiger partial charge in [0.15, 0.2) is 0 Å². The van der Waals surface area contributed by atoms with Gasteiger partial charge in [0.05, 0.1) is 12.2 Å². The lowest BCUT2D eigenvalue weighted by Gasteiger charge is -2.19. The minimum atomic E-state index is -0.0800. The zero-order valence-electron chi connectivity index (χ0n) is 14.9. The van der Waals surface area contributed by atoms with Crippen molar-refractivity contribution in [1.82, 2.24) is 9.88 Å². The van der Waals surface area contributed by atoms with Gasteiger partial charge in [-0.25, -0.2) is 4.98 Å². The van der Waals surface area contributed by atoms with Crippen LogP contribution in [0.1, 0.15) is 21.8 Å². The summed E-state index contributed by atoms with van der Waals surface area (Å²) < 4.78 is 10.8. The number of amides is 1. The Kier molecular flexibility index (Phi) is 7.16. The number of carbonyl (C=O) groups excluding carboxylic acids is 1. The molecule has 0 bridgehead atoms. The Morgan fingerprint density at radius 3 is 2.92 bits per heavy atom. The van der Waals surface area contributed by atoms with Gasteiger partial charge in [0.2, 0.25) is 5.91 Å². The molecule has 1 aromatic carbocycles. The molecule has 0 aliphatic heterocycles. The summed E-state index contributed by atoms with van der Waals surface area (Å²) in [7, 11) is 1.51. The molecule has 1 amide bonds. The van der Waals surface area contributed by atoms with Crippen molar-refractivity contribution in [2.24, 2.45) is 0 Å². The number of hydrogen-bond donors (Lipinski definition) is 0. The van der Waals surface area contributed by atoms with Gasteiger partial charge in [-0.05, 0) is 31.0 Å². The smallest absolute Gasteiger partial charge is 0.249 e. The van der Waals surface area contributed by atoms with Crippen LogP contribution in [0.4, 0.5) is 0 Å². The summed E-state index contributed by atoms with van der Waals surface area (Å²) in [5, 5.41) is 2.84. The van der Waals surface area contributed by atoms with E-state index in [2.05, 4.69) is 24.6 Å². The van der Waals surface area contributed by atoms with Crippen molar-refractivity contribution >= 4 is 17.2 Å². The summed E-state index contributed by atoms with van der Waals surface area (Å²) in [5.41, 5.74) is 3.19. The highest BCUT2D eigenvalue weighted by molar-refractivity contribution is 7.09. The lowest BCUT2D eigenvalue weighted by molar-refractivity contribution is -0.135. The molecule has 1 heterocycles. The molecule has 0 radical (unpaired) electrons. The molecule has 5 nitrogen and oxygen atoms in total. The quantitative estimate of drug-likeness (QED) is 0.642. The zero-order valence-corrected chi connectivity index (χ0v) is 15.8. The average molecular weight is 360 g/mol. The SMILES string of the molecule is C=CCN(Cc1csc(COc2cccc(C)c2C)n1)C(=O)COC. The summed E-state index contributed by atoms with van der Waals surface area (Å²) in [6, 6.07) is 6.01. The van der Waals surface area contributed by atoms with Crippen LogP contribution in [0.15, 0.2) is 36.2 Å². The van der Waals surface area contributed by atoms with E-state index >= 15 is 0 Å². The molecule has 25 heavy (non-hydrogen) atoms. The van der Waals surface area contributed by atoms with Gasteiger partial charge in [-0.3, -0.25) is 4.79 Å². The van der Waals surface area contributed by atoms with Crippen molar-refractivity contribution in [3.8, 4) is 5.75 Å². The fourth-order valence-corrected chi connectivity index (χ4v) is 3.02. The summed E-state index contributed by atoms with van der Waals surface area (Å²) in [5.74, 6) is 0.795. The molecule has 1 aromatic heterocycles. The number of aromatic nitrogens is 1. The predicted octanol–water partition coefficient (Wildman–Crippen LogP) is 3.50. The van der Waals surface area contributed by atoms with Crippen LogP contribution in [-0.4, -0.2) is 36.1 Å². The van der Waals surface area contributed by atoms with Crippen LogP contribution in [0.3, 0.4) is 0 Å². The van der Waals surface area contributed by atoms with Crippen molar-refractivity contribution in [2.45, 2.75) is 27.0 Å². The number of benzene rings is 1. The Morgan fingerprint density at radius 2 is 2.20 bits per heavy atom. The summed E-state index contributed by atoms with van der Waals surface area (Å²) in [6.45, 7) is 9.19. The summed E-state index contributed by atoms with van der Waals surface area (Å²) in [6.07, 6.45) is 1.70. The first-order chi connectivity index (χ1) is 12.0. The predicted molar refractivity (Wildman–Crippen MR) is 99.9 cm³/mol. The van der Waals surface area contributed by atoms with E-state index in [1.807, 2.05) is 24.4 Å². The first kappa shape index (κ1) is 19.1. The highest BCUT2D eigenvalue weighted by atomic mass is 32.1. The second kappa shape index (κ2) is 9.34. The first-order valence-corrected chi connectivity index (χ1v) is 8.93. The third-order valence-electron chi connectivity index (χ3n) is 3.83. The molecule has 0 spiro atoms. The second-order valence-corrected chi connectivity index (χ2v) is 6.66. The number of hydrogen-bond acceptors (Lipinski definition) is 5. The van der Waals surface area contributed by atoms with Gasteiger partial charge in [-0.2, -0.15) is 0 Å². The fraction of sp³-hybridized carbons (Fsp3) is 0.368. The van der Waals surface area contributed by atoms with E-state index in [4.69, 9.17) is 9.47 Å². The molecular weight excluding hydrogens is 336 g/mol. The van der Waals surface area contributed by atoms with E-state index < -0.39 is 0 Å². The van der Waals surface area contributed by atoms with Gasteiger partial charge in [0.25, 0.3) is 0 Å². The molecular formula is C19H24N2O3S. The molecule has 0 fully saturated rings. The monoisotopic (exact) mass is 360 g/mol. The van der Waals surface area contributed by atoms with E-state index in [0.29, 0.717) is 19.7 Å². The number of rotatable bonds is 9. The van der Waals surface area contributed by atoms with Crippen LogP contribution in [0.2, 0.25) is 0 Å². The number of nitrogens with zero attached hydrogens (tertiary/aromatic N) is 2. The molecule has 0 N–H and O–H groups in total. The highest BCUT2D eigenvalue weighted by Crippen LogP contribution is 2.22. The molecule has 0 aliphatic rings. The maximum atomic E-state index is 12.0. The van der Waals surface area contributed by atoms with E-state index in [-0.39, 0.29) is 12.5 Å². The molecule has 6 heteroatoms. The third kappa shape index (κ3) is 5.41. The summed E-state index contributed by atoms with van der Waals surface area (Å²) >= 11 is 1.53. The molecule has 2 rings (SSSR count). The van der Waals surface area contributed by atoms with Crippen molar-refractivity contribution in [3.63, 3.8) is 0 Å². The lowest BCUT2D eigenvalue weighted by Crippen LogP contribution is -2.33. The van der Waals surface area contributed by atoms with Crippen LogP contribution >= 0.6 is 11.3 Å². The topological polar surface area (TPSA) is 51.7 Å². The minimum Gasteiger partial charge on any atom is -0.486 e. The molecule has 0 saturated heterocycles. The van der Waals surface area contributed by atoms with E-state index in [1.54, 1.807) is 11.0 Å². The number of aryl methyl sites for hydroxylation is 1. The van der Waals surface area contributed by atoms with E-state index in [0.717, 1.165) is 22.0 Å². The van der Waals surface area contributed by atoms with E-state index in [1.165, 1.54) is 24.0 Å². The Bertz CT molecular complexity index is 727. The Morgan fingerprint density at radius 1 is 1.40 bits per heavy atom. The van der Waals surface area contributed by atoms with Crippen molar-refractivity contribution in [1.29, 1.82) is 0 Å². The molecule has 0 aliphatic carbocycles. The molecule has 0 saturated carbocycles. The van der Waals surface area contributed by atoms with Crippen LogP contribution in [0, 0.1) is 13.8 Å². The Hall–Kier alpha value is -2.18.